The van der Waals surface area contributed by atoms with Crippen molar-refractivity contribution in [2.24, 2.45) is 17.4 Å². The molecule has 15 nitrogen and oxygen atoms in total. The van der Waals surface area contributed by atoms with Crippen LogP contribution in [0.2, 0.25) is 0 Å². The fourth-order valence-electron chi connectivity index (χ4n) is 3.44. The van der Waals surface area contributed by atoms with Gasteiger partial charge in [0.1, 0.15) is 22.8 Å². The van der Waals surface area contributed by atoms with E-state index >= 15 is 0 Å². The number of aromatic nitrogens is 3. The number of nitro groups is 1. The third-order valence-corrected chi connectivity index (χ3v) is 5.59. The Morgan fingerprint density at radius 3 is 1.86 bits per heavy atom. The van der Waals surface area contributed by atoms with Crippen LogP contribution in [-0.4, -0.2) is 64.6 Å². The van der Waals surface area contributed by atoms with Crippen molar-refractivity contribution in [1.29, 1.82) is 0 Å². The van der Waals surface area contributed by atoms with E-state index in [-0.39, 0.29) is 59.5 Å². The number of nitrogens with two attached hydrogens (primary N) is 2. The van der Waals surface area contributed by atoms with Gasteiger partial charge in [-0.25, -0.2) is 15.0 Å². The van der Waals surface area contributed by atoms with Crippen molar-refractivity contribution in [2.45, 2.75) is 33.6 Å². The Morgan fingerprint density at radius 2 is 1.33 bits per heavy atom. The molecule has 230 valence electrons. The maximum atomic E-state index is 13.1. The quantitative estimate of drug-likeness (QED) is 0.106. The van der Waals surface area contributed by atoms with Gasteiger partial charge in [0.15, 0.2) is 0 Å². The van der Waals surface area contributed by atoms with Crippen LogP contribution in [0.1, 0.15) is 53.4 Å². The molecule has 0 aromatic carbocycles. The molecule has 0 unspecified atom stereocenters. The van der Waals surface area contributed by atoms with E-state index in [1.165, 1.54) is 18.2 Å². The number of carbonyl (C=O) groups excluding carboxylic acids is 2. The van der Waals surface area contributed by atoms with E-state index in [1.54, 1.807) is 19.1 Å². The average Bonchev–Trinajstić information content (AvgIpc) is 2.98. The Balaban J connectivity index is 1.85. The van der Waals surface area contributed by atoms with E-state index in [2.05, 4.69) is 25.6 Å². The molecule has 3 rings (SSSR count). The molecule has 0 radical (unpaired) electrons. The topological polar surface area (TPSA) is 220 Å². The number of nitrogens with one attached hydrogen (secondary N) is 2. The Hall–Kier alpha value is -4.89. The van der Waals surface area contributed by atoms with Crippen LogP contribution in [0.25, 0.3) is 0 Å². The van der Waals surface area contributed by atoms with E-state index < -0.39 is 16.7 Å². The number of rotatable bonds is 16. The highest BCUT2D eigenvalue weighted by Crippen LogP contribution is 2.28. The van der Waals surface area contributed by atoms with Crippen molar-refractivity contribution in [3.63, 3.8) is 0 Å². The monoisotopic (exact) mass is 596 g/mol. The lowest BCUT2D eigenvalue weighted by atomic mass is 10.2. The number of aryl methyl sites for hydroxylation is 1. The summed E-state index contributed by atoms with van der Waals surface area (Å²) in [5.41, 5.74) is 11.8. The normalized spacial score (nSPS) is 10.7. The minimum absolute atomic E-state index is 0.00735. The van der Waals surface area contributed by atoms with Crippen molar-refractivity contribution in [3.05, 3.63) is 63.6 Å². The fraction of sp³-hybridized carbons (Fsp3) is 0.393. The predicted molar refractivity (Wildman–Crippen MR) is 159 cm³/mol. The van der Waals surface area contributed by atoms with E-state index in [0.717, 1.165) is 6.07 Å². The Morgan fingerprint density at radius 1 is 0.814 bits per heavy atom. The lowest BCUT2D eigenvalue weighted by Gasteiger charge is -2.14. The minimum atomic E-state index is -0.697. The van der Waals surface area contributed by atoms with Gasteiger partial charge in [-0.3, -0.25) is 19.7 Å². The summed E-state index contributed by atoms with van der Waals surface area (Å²) in [7, 11) is 0. The average molecular weight is 597 g/mol. The number of nitrogens with zero attached hydrogens (tertiary/aromatic N) is 4. The number of ether oxygens (including phenoxy) is 3. The third-order valence-electron chi connectivity index (χ3n) is 5.59. The van der Waals surface area contributed by atoms with E-state index in [1.807, 2.05) is 13.8 Å². The fourth-order valence-corrected chi connectivity index (χ4v) is 3.44. The highest BCUT2D eigenvalue weighted by molar-refractivity contribution is 6.05. The first kappa shape index (κ1) is 32.6. The number of hydrogen-bond acceptors (Lipinski definition) is 12. The van der Waals surface area contributed by atoms with E-state index in [4.69, 9.17) is 25.7 Å². The van der Waals surface area contributed by atoms with Crippen molar-refractivity contribution in [3.8, 4) is 17.6 Å². The minimum Gasteiger partial charge on any atom is -0.476 e. The second-order valence-electron chi connectivity index (χ2n) is 9.73. The van der Waals surface area contributed by atoms with Crippen LogP contribution < -0.4 is 36.3 Å². The standard InChI is InChI=1S/C28H36N8O7/c1-17(2)16-43-28-23(36(39)40)11-10-20(35-28)25(38)33-22-9-8-19(34-27(22)42-15-5-13-30)24(37)32-21-7-6-18(3)31-26(21)41-14-4-12-29/h6-11,17H,4-5,12-16,29-30H2,1-3H3,(H,32,37)(H,33,38). The van der Waals surface area contributed by atoms with Crippen LogP contribution in [0.4, 0.5) is 17.1 Å². The smallest absolute Gasteiger partial charge is 0.331 e. The van der Waals surface area contributed by atoms with Crippen LogP contribution in [0.3, 0.4) is 0 Å². The molecule has 3 aromatic rings. The molecule has 0 saturated heterocycles. The third kappa shape index (κ3) is 9.58. The maximum Gasteiger partial charge on any atom is 0.331 e. The predicted octanol–water partition coefficient (Wildman–Crippen LogP) is 3.08. The summed E-state index contributed by atoms with van der Waals surface area (Å²) in [6, 6.07) is 8.60. The molecule has 6 N–H and O–H groups in total. The SMILES string of the molecule is Cc1ccc(NC(=O)c2ccc(NC(=O)c3ccc([N+](=O)[O-])c(OCC(C)C)n3)c(OCCCN)n2)c(OCCCN)n1. The summed E-state index contributed by atoms with van der Waals surface area (Å²) in [4.78, 5) is 49.7. The molecular formula is C28H36N8O7. The molecule has 0 atom stereocenters. The van der Waals surface area contributed by atoms with Gasteiger partial charge in [-0.15, -0.1) is 0 Å². The number of pyridine rings is 3. The van der Waals surface area contributed by atoms with Crippen LogP contribution in [-0.2, 0) is 0 Å². The molecule has 0 bridgehead atoms. The molecule has 3 aromatic heterocycles. The van der Waals surface area contributed by atoms with Gasteiger partial charge >= 0.3 is 5.69 Å². The molecule has 0 aliphatic rings. The maximum absolute atomic E-state index is 13.1. The molecule has 0 aliphatic heterocycles. The number of hydrogen-bond donors (Lipinski definition) is 4. The van der Waals surface area contributed by atoms with Crippen molar-refractivity contribution < 1.29 is 28.7 Å². The molecule has 3 heterocycles. The second kappa shape index (κ2) is 15.9. The highest BCUT2D eigenvalue weighted by atomic mass is 16.6. The van der Waals surface area contributed by atoms with Crippen LogP contribution in [0.5, 0.6) is 17.6 Å². The number of anilines is 2. The summed E-state index contributed by atoms with van der Waals surface area (Å²) in [6.07, 6.45) is 1.10. The molecule has 0 spiro atoms. The van der Waals surface area contributed by atoms with Gasteiger partial charge < -0.3 is 36.3 Å². The highest BCUT2D eigenvalue weighted by Gasteiger charge is 2.22. The summed E-state index contributed by atoms with van der Waals surface area (Å²) in [5.74, 6) is -1.25. The molecule has 0 fully saturated rings. The summed E-state index contributed by atoms with van der Waals surface area (Å²) in [6.45, 7) is 7.01. The first-order chi connectivity index (χ1) is 20.6. The Labute approximate surface area is 248 Å². The lowest BCUT2D eigenvalue weighted by molar-refractivity contribution is -0.386. The summed E-state index contributed by atoms with van der Waals surface area (Å²) < 4.78 is 16.9. The lowest BCUT2D eigenvalue weighted by Crippen LogP contribution is -2.19. The first-order valence-electron chi connectivity index (χ1n) is 13.7. The van der Waals surface area contributed by atoms with Gasteiger partial charge in [0.25, 0.3) is 17.7 Å². The zero-order chi connectivity index (χ0) is 31.4. The van der Waals surface area contributed by atoms with Crippen molar-refractivity contribution in [1.82, 2.24) is 15.0 Å². The van der Waals surface area contributed by atoms with Gasteiger partial charge in [0, 0.05) is 11.8 Å². The largest absolute Gasteiger partial charge is 0.476 e. The van der Waals surface area contributed by atoms with Gasteiger partial charge in [-0.2, -0.15) is 0 Å². The van der Waals surface area contributed by atoms with Crippen LogP contribution in [0.15, 0.2) is 36.4 Å². The van der Waals surface area contributed by atoms with Gasteiger partial charge in [-0.05, 0) is 69.1 Å². The molecule has 0 aliphatic carbocycles. The molecule has 43 heavy (non-hydrogen) atoms. The van der Waals surface area contributed by atoms with E-state index in [9.17, 15) is 19.7 Å². The summed E-state index contributed by atoms with van der Waals surface area (Å²) in [5, 5.41) is 16.8. The molecule has 2 amide bonds. The zero-order valence-electron chi connectivity index (χ0n) is 24.3. The zero-order valence-corrected chi connectivity index (χ0v) is 24.3. The van der Waals surface area contributed by atoms with Crippen molar-refractivity contribution in [2.75, 3.05) is 43.5 Å². The van der Waals surface area contributed by atoms with Crippen molar-refractivity contribution >= 4 is 28.9 Å². The Kier molecular flexibility index (Phi) is 12.1. The van der Waals surface area contributed by atoms with E-state index in [0.29, 0.717) is 43.9 Å². The first-order valence-corrected chi connectivity index (χ1v) is 13.7. The van der Waals surface area contributed by atoms with Crippen LogP contribution in [0, 0.1) is 23.0 Å². The van der Waals surface area contributed by atoms with Gasteiger partial charge in [-0.1, -0.05) is 13.8 Å². The molecular weight excluding hydrogens is 560 g/mol. The van der Waals surface area contributed by atoms with Gasteiger partial charge in [0.05, 0.1) is 24.7 Å². The van der Waals surface area contributed by atoms with Gasteiger partial charge in [0.2, 0.25) is 11.8 Å². The number of carbonyl (C=O) groups is 2. The summed E-state index contributed by atoms with van der Waals surface area (Å²) >= 11 is 0. The Bertz CT molecular complexity index is 1430. The number of amides is 2. The molecule has 0 saturated carbocycles. The van der Waals surface area contributed by atoms with Crippen LogP contribution >= 0.6 is 0 Å². The molecule has 15 heteroatoms. The second-order valence-corrected chi connectivity index (χ2v) is 9.73.